The van der Waals surface area contributed by atoms with E-state index in [2.05, 4.69) is 16.3 Å². The van der Waals surface area contributed by atoms with Crippen LogP contribution >= 0.6 is 11.6 Å². The summed E-state index contributed by atoms with van der Waals surface area (Å²) in [6.45, 7) is 3.59. The summed E-state index contributed by atoms with van der Waals surface area (Å²) in [5.74, 6) is 0. The van der Waals surface area contributed by atoms with Crippen LogP contribution in [0, 0.1) is 0 Å². The molecule has 0 radical (unpaired) electrons. The minimum absolute atomic E-state index is 0.487. The fraction of sp³-hybridized carbons (Fsp3) is 0.500. The standard InChI is InChI=1S/C12H15ClN2O/c13-9-1-2-11-12(7-9)15-5-6-16-8-10(15)3-4-14-11/h1-2,7,10,14H,3-6,8H2. The maximum Gasteiger partial charge on any atom is 0.0671 e. The number of ether oxygens (including phenoxy) is 1. The van der Waals surface area contributed by atoms with Gasteiger partial charge in [-0.1, -0.05) is 11.6 Å². The van der Waals surface area contributed by atoms with Gasteiger partial charge in [0.2, 0.25) is 0 Å². The lowest BCUT2D eigenvalue weighted by Gasteiger charge is -2.36. The summed E-state index contributed by atoms with van der Waals surface area (Å²) in [5, 5.41) is 4.25. The fourth-order valence-electron chi connectivity index (χ4n) is 2.48. The molecule has 1 unspecified atom stereocenters. The lowest BCUT2D eigenvalue weighted by Crippen LogP contribution is -2.45. The first-order valence-electron chi connectivity index (χ1n) is 5.72. The van der Waals surface area contributed by atoms with Gasteiger partial charge in [-0.2, -0.15) is 0 Å². The van der Waals surface area contributed by atoms with Crippen molar-refractivity contribution in [2.45, 2.75) is 12.5 Å². The van der Waals surface area contributed by atoms with Gasteiger partial charge in [0.15, 0.2) is 0 Å². The molecule has 2 aliphatic rings. The predicted octanol–water partition coefficient (Wildman–Crippen LogP) is 2.36. The fourth-order valence-corrected chi connectivity index (χ4v) is 2.64. The first-order valence-corrected chi connectivity index (χ1v) is 6.10. The Morgan fingerprint density at radius 1 is 1.44 bits per heavy atom. The molecule has 3 nitrogen and oxygen atoms in total. The number of rotatable bonds is 0. The van der Waals surface area contributed by atoms with Crippen molar-refractivity contribution in [3.8, 4) is 0 Å². The lowest BCUT2D eigenvalue weighted by atomic mass is 10.1. The Morgan fingerprint density at radius 2 is 2.38 bits per heavy atom. The van der Waals surface area contributed by atoms with Crippen LogP contribution in [0.3, 0.4) is 0 Å². The van der Waals surface area contributed by atoms with Crippen molar-refractivity contribution in [3.05, 3.63) is 23.2 Å². The summed E-state index contributed by atoms with van der Waals surface area (Å²) < 4.78 is 5.54. The van der Waals surface area contributed by atoms with E-state index >= 15 is 0 Å². The summed E-state index contributed by atoms with van der Waals surface area (Å²) in [5.41, 5.74) is 2.41. The minimum Gasteiger partial charge on any atom is -0.383 e. The SMILES string of the molecule is Clc1ccc2c(c1)N1CCOCC1CCN2. The summed E-state index contributed by atoms with van der Waals surface area (Å²) >= 11 is 6.08. The summed E-state index contributed by atoms with van der Waals surface area (Å²) in [7, 11) is 0. The molecule has 0 aliphatic carbocycles. The van der Waals surface area contributed by atoms with Crippen molar-refractivity contribution in [1.82, 2.24) is 0 Å². The van der Waals surface area contributed by atoms with Crippen molar-refractivity contribution in [3.63, 3.8) is 0 Å². The zero-order valence-corrected chi connectivity index (χ0v) is 9.83. The maximum atomic E-state index is 6.08. The molecule has 1 fully saturated rings. The van der Waals surface area contributed by atoms with Gasteiger partial charge in [-0.3, -0.25) is 0 Å². The van der Waals surface area contributed by atoms with Crippen molar-refractivity contribution in [1.29, 1.82) is 0 Å². The second-order valence-electron chi connectivity index (χ2n) is 4.30. The molecule has 0 saturated carbocycles. The number of benzene rings is 1. The van der Waals surface area contributed by atoms with E-state index in [1.807, 2.05) is 12.1 Å². The molecule has 1 N–H and O–H groups in total. The van der Waals surface area contributed by atoms with Crippen LogP contribution in [0.2, 0.25) is 5.02 Å². The highest BCUT2D eigenvalue weighted by Crippen LogP contribution is 2.34. The van der Waals surface area contributed by atoms with E-state index in [9.17, 15) is 0 Å². The topological polar surface area (TPSA) is 24.5 Å². The van der Waals surface area contributed by atoms with E-state index in [1.54, 1.807) is 0 Å². The van der Waals surface area contributed by atoms with Crippen LogP contribution in [0.1, 0.15) is 6.42 Å². The lowest BCUT2D eigenvalue weighted by molar-refractivity contribution is 0.0931. The van der Waals surface area contributed by atoms with Gasteiger partial charge in [-0.25, -0.2) is 0 Å². The number of hydrogen-bond acceptors (Lipinski definition) is 3. The highest BCUT2D eigenvalue weighted by molar-refractivity contribution is 6.31. The van der Waals surface area contributed by atoms with E-state index < -0.39 is 0 Å². The number of hydrogen-bond donors (Lipinski definition) is 1. The van der Waals surface area contributed by atoms with Crippen LogP contribution in [-0.2, 0) is 4.74 Å². The van der Waals surface area contributed by atoms with Crippen LogP contribution in [0.25, 0.3) is 0 Å². The summed E-state index contributed by atoms with van der Waals surface area (Å²) in [4.78, 5) is 2.42. The van der Waals surface area contributed by atoms with Crippen LogP contribution in [0.4, 0.5) is 11.4 Å². The van der Waals surface area contributed by atoms with Gasteiger partial charge in [0.25, 0.3) is 0 Å². The number of fused-ring (bicyclic) bond motifs is 3. The van der Waals surface area contributed by atoms with Gasteiger partial charge < -0.3 is 15.0 Å². The number of nitrogens with one attached hydrogen (secondary N) is 1. The Hall–Kier alpha value is -0.930. The molecule has 0 spiro atoms. The molecule has 1 saturated heterocycles. The van der Waals surface area contributed by atoms with Gasteiger partial charge in [0.1, 0.15) is 0 Å². The molecular weight excluding hydrogens is 224 g/mol. The van der Waals surface area contributed by atoms with E-state index in [0.717, 1.165) is 37.7 Å². The zero-order chi connectivity index (χ0) is 11.0. The Balaban J connectivity index is 2.02. The zero-order valence-electron chi connectivity index (χ0n) is 9.08. The van der Waals surface area contributed by atoms with Gasteiger partial charge in [-0.15, -0.1) is 0 Å². The van der Waals surface area contributed by atoms with Crippen molar-refractivity contribution in [2.75, 3.05) is 36.5 Å². The average Bonchev–Trinajstić information content (AvgIpc) is 2.48. The Morgan fingerprint density at radius 3 is 3.31 bits per heavy atom. The number of anilines is 2. The minimum atomic E-state index is 0.487. The highest BCUT2D eigenvalue weighted by atomic mass is 35.5. The van der Waals surface area contributed by atoms with E-state index in [4.69, 9.17) is 16.3 Å². The Bertz CT molecular complexity index is 397. The van der Waals surface area contributed by atoms with Gasteiger partial charge >= 0.3 is 0 Å². The number of nitrogens with zero attached hydrogens (tertiary/aromatic N) is 1. The van der Waals surface area contributed by atoms with Crippen molar-refractivity contribution >= 4 is 23.0 Å². The second-order valence-corrected chi connectivity index (χ2v) is 4.74. The number of halogens is 1. The quantitative estimate of drug-likeness (QED) is 0.751. The van der Waals surface area contributed by atoms with Crippen LogP contribution in [-0.4, -0.2) is 32.3 Å². The maximum absolute atomic E-state index is 6.08. The third-order valence-electron chi connectivity index (χ3n) is 3.29. The van der Waals surface area contributed by atoms with E-state index in [1.165, 1.54) is 11.4 Å². The Labute approximate surface area is 100 Å². The van der Waals surface area contributed by atoms with E-state index in [-0.39, 0.29) is 0 Å². The molecular formula is C12H15ClN2O. The molecule has 2 aliphatic heterocycles. The van der Waals surface area contributed by atoms with Crippen molar-refractivity contribution < 1.29 is 4.74 Å². The first kappa shape index (κ1) is 10.2. The Kier molecular flexibility index (Phi) is 2.65. The predicted molar refractivity (Wildman–Crippen MR) is 66.5 cm³/mol. The van der Waals surface area contributed by atoms with E-state index in [0.29, 0.717) is 6.04 Å². The molecule has 2 heterocycles. The average molecular weight is 239 g/mol. The molecule has 4 heteroatoms. The highest BCUT2D eigenvalue weighted by Gasteiger charge is 2.27. The van der Waals surface area contributed by atoms with Crippen molar-refractivity contribution in [2.24, 2.45) is 0 Å². The largest absolute Gasteiger partial charge is 0.383 e. The molecule has 1 aromatic rings. The van der Waals surface area contributed by atoms with Crippen LogP contribution in [0.5, 0.6) is 0 Å². The number of morpholine rings is 1. The smallest absolute Gasteiger partial charge is 0.0671 e. The molecule has 0 amide bonds. The van der Waals surface area contributed by atoms with Crippen LogP contribution in [0.15, 0.2) is 18.2 Å². The second kappa shape index (κ2) is 4.15. The third kappa shape index (κ3) is 1.74. The first-order chi connectivity index (χ1) is 7.84. The molecule has 3 rings (SSSR count). The molecule has 0 bridgehead atoms. The van der Waals surface area contributed by atoms with Crippen LogP contribution < -0.4 is 10.2 Å². The normalized spacial score (nSPS) is 24.1. The molecule has 1 aromatic carbocycles. The third-order valence-corrected chi connectivity index (χ3v) is 3.52. The molecule has 1 atom stereocenters. The summed E-state index contributed by atoms with van der Waals surface area (Å²) in [6.07, 6.45) is 1.12. The summed E-state index contributed by atoms with van der Waals surface area (Å²) in [6, 6.07) is 6.54. The van der Waals surface area contributed by atoms with Gasteiger partial charge in [0.05, 0.1) is 30.6 Å². The van der Waals surface area contributed by atoms with Gasteiger partial charge in [0, 0.05) is 18.1 Å². The molecule has 16 heavy (non-hydrogen) atoms. The molecule has 86 valence electrons. The monoisotopic (exact) mass is 238 g/mol. The van der Waals surface area contributed by atoms with Gasteiger partial charge in [-0.05, 0) is 24.6 Å². The molecule has 0 aromatic heterocycles.